The predicted molar refractivity (Wildman–Crippen MR) is 251 cm³/mol. The molecule has 2 heteroatoms. The minimum Gasteiger partial charge on any atom is -0.310 e. The molecule has 2 nitrogen and oxygen atoms in total. The van der Waals surface area contributed by atoms with Gasteiger partial charge in [-0.3, -0.25) is 0 Å². The molecular formula is C59H46N2. The van der Waals surface area contributed by atoms with E-state index in [0.29, 0.717) is 17.4 Å². The zero-order valence-corrected chi connectivity index (χ0v) is 34.2. The topological polar surface area (TPSA) is 27.0 Å². The number of rotatable bonds is 7. The summed E-state index contributed by atoms with van der Waals surface area (Å²) in [5.74, 6) is 2.84. The van der Waals surface area contributed by atoms with Crippen LogP contribution in [0.3, 0.4) is 0 Å². The van der Waals surface area contributed by atoms with Gasteiger partial charge in [0, 0.05) is 22.5 Å². The molecule has 4 saturated carbocycles. The van der Waals surface area contributed by atoms with E-state index in [1.54, 1.807) is 5.56 Å². The van der Waals surface area contributed by atoms with Gasteiger partial charge in [-0.1, -0.05) is 127 Å². The minimum atomic E-state index is -0.0834. The van der Waals surface area contributed by atoms with Crippen molar-refractivity contribution in [2.45, 2.75) is 37.5 Å². The van der Waals surface area contributed by atoms with E-state index >= 15 is 0 Å². The molecule has 0 radical (unpaired) electrons. The van der Waals surface area contributed by atoms with Gasteiger partial charge in [-0.25, -0.2) is 0 Å². The van der Waals surface area contributed by atoms with Crippen LogP contribution in [-0.4, -0.2) is 0 Å². The highest BCUT2D eigenvalue weighted by molar-refractivity contribution is 5.98. The van der Waals surface area contributed by atoms with Crippen molar-refractivity contribution in [3.8, 4) is 61.7 Å². The quantitative estimate of drug-likeness (QED) is 0.161. The number of nitrogens with zero attached hydrogens (tertiary/aromatic N) is 2. The van der Waals surface area contributed by atoms with Crippen molar-refractivity contribution in [1.82, 2.24) is 0 Å². The van der Waals surface area contributed by atoms with Crippen LogP contribution in [0.1, 0.15) is 48.8 Å². The fraction of sp³-hybridized carbons (Fsp3) is 0.169. The number of anilines is 3. The van der Waals surface area contributed by atoms with Crippen LogP contribution < -0.4 is 4.90 Å². The molecule has 8 aromatic rings. The third kappa shape index (κ3) is 5.83. The molecule has 0 unspecified atom stereocenters. The molecule has 61 heavy (non-hydrogen) atoms. The molecule has 0 N–H and O–H groups in total. The first-order chi connectivity index (χ1) is 30.1. The number of para-hydroxylation sites is 1. The van der Waals surface area contributed by atoms with Crippen molar-refractivity contribution in [1.29, 1.82) is 5.26 Å². The summed E-state index contributed by atoms with van der Waals surface area (Å²) >= 11 is 0. The van der Waals surface area contributed by atoms with Crippen LogP contribution in [0.5, 0.6) is 0 Å². The standard InChI is InChI=1S/C59H46N2/c60-38-39-22-25-52(26-23-39)61(51-20-8-3-9-21-51)53-36-55(48-19-11-17-45(34-48)43-14-6-2-7-15-43)58-54-27-24-47(46-18-10-16-44(33-46)42-12-4-1-5-13-42)35-56(54)59(57(58)37-53)49-29-40-28-41(31-49)32-50(59)30-40/h1-27,33-37,40-41,49-50H,28-32H2. The molecule has 0 aliphatic heterocycles. The molecule has 0 heterocycles. The predicted octanol–water partition coefficient (Wildman–Crippen LogP) is 15.4. The first-order valence-corrected chi connectivity index (χ1v) is 22.1. The van der Waals surface area contributed by atoms with Crippen LogP contribution >= 0.6 is 0 Å². The lowest BCUT2D eigenvalue weighted by Gasteiger charge is -2.61. The van der Waals surface area contributed by atoms with Gasteiger partial charge in [0.1, 0.15) is 0 Å². The molecule has 4 bridgehead atoms. The van der Waals surface area contributed by atoms with Gasteiger partial charge >= 0.3 is 0 Å². The van der Waals surface area contributed by atoms with E-state index in [9.17, 15) is 5.26 Å². The molecule has 4 fully saturated rings. The maximum Gasteiger partial charge on any atom is 0.0991 e. The van der Waals surface area contributed by atoms with Gasteiger partial charge in [0.05, 0.1) is 11.6 Å². The summed E-state index contributed by atoms with van der Waals surface area (Å²) in [6.07, 6.45) is 6.63. The van der Waals surface area contributed by atoms with Crippen LogP contribution in [0.2, 0.25) is 0 Å². The zero-order valence-electron chi connectivity index (χ0n) is 34.2. The summed E-state index contributed by atoms with van der Waals surface area (Å²) in [5.41, 5.74) is 19.8. The summed E-state index contributed by atoms with van der Waals surface area (Å²) in [7, 11) is 0. The SMILES string of the molecule is N#Cc1ccc(N(c2ccccc2)c2cc(-c3cccc(-c4ccccc4)c3)c3c(c2)C2(c4cc(-c5cccc(-c6ccccc6)c5)ccc4-3)C3CC4CC(C3)CC2C4)cc1. The Kier molecular flexibility index (Phi) is 8.46. The van der Waals surface area contributed by atoms with Crippen molar-refractivity contribution in [3.63, 3.8) is 0 Å². The van der Waals surface area contributed by atoms with Crippen LogP contribution in [0.4, 0.5) is 17.1 Å². The Bertz CT molecular complexity index is 2950. The molecule has 292 valence electrons. The van der Waals surface area contributed by atoms with Crippen molar-refractivity contribution in [3.05, 3.63) is 211 Å². The largest absolute Gasteiger partial charge is 0.310 e. The van der Waals surface area contributed by atoms with Crippen molar-refractivity contribution in [2.75, 3.05) is 4.90 Å². The van der Waals surface area contributed by atoms with E-state index in [1.807, 2.05) is 12.1 Å². The molecule has 8 aromatic carbocycles. The number of nitriles is 1. The molecule has 0 atom stereocenters. The fourth-order valence-electron chi connectivity index (χ4n) is 12.6. The Labute approximate surface area is 359 Å². The minimum absolute atomic E-state index is 0.0834. The van der Waals surface area contributed by atoms with Crippen molar-refractivity contribution < 1.29 is 0 Å². The Morgan fingerprint density at radius 3 is 1.51 bits per heavy atom. The molecule has 13 rings (SSSR count). The van der Waals surface area contributed by atoms with Crippen molar-refractivity contribution in [2.24, 2.45) is 23.7 Å². The normalized spacial score (nSPS) is 21.5. The molecule has 1 spiro atoms. The number of hydrogen-bond acceptors (Lipinski definition) is 2. The average molecular weight is 783 g/mol. The number of hydrogen-bond donors (Lipinski definition) is 0. The maximum absolute atomic E-state index is 9.80. The molecular weight excluding hydrogens is 737 g/mol. The Hall–Kier alpha value is -6.95. The Balaban J connectivity index is 1.13. The third-order valence-corrected chi connectivity index (χ3v) is 14.8. The fourth-order valence-corrected chi connectivity index (χ4v) is 12.6. The Morgan fingerprint density at radius 2 is 0.902 bits per heavy atom. The van der Waals surface area contributed by atoms with Gasteiger partial charge in [-0.05, 0) is 189 Å². The highest BCUT2D eigenvalue weighted by Gasteiger charge is 2.62. The third-order valence-electron chi connectivity index (χ3n) is 14.8. The first-order valence-electron chi connectivity index (χ1n) is 22.1. The summed E-state index contributed by atoms with van der Waals surface area (Å²) < 4.78 is 0. The molecule has 5 aliphatic carbocycles. The van der Waals surface area contributed by atoms with Gasteiger partial charge in [0.25, 0.3) is 0 Å². The van der Waals surface area contributed by atoms with Crippen LogP contribution in [0.15, 0.2) is 194 Å². The lowest BCUT2D eigenvalue weighted by Crippen LogP contribution is -2.55. The maximum atomic E-state index is 9.80. The van der Waals surface area contributed by atoms with Gasteiger partial charge in [-0.2, -0.15) is 5.26 Å². The van der Waals surface area contributed by atoms with E-state index in [-0.39, 0.29) is 5.41 Å². The van der Waals surface area contributed by atoms with Crippen LogP contribution in [0.25, 0.3) is 55.6 Å². The monoisotopic (exact) mass is 782 g/mol. The second-order valence-electron chi connectivity index (χ2n) is 18.1. The first kappa shape index (κ1) is 35.9. The lowest BCUT2D eigenvalue weighted by molar-refractivity contribution is -0.0399. The summed E-state index contributed by atoms with van der Waals surface area (Å²) in [6.45, 7) is 0. The summed E-state index contributed by atoms with van der Waals surface area (Å²) in [6, 6.07) is 73.8. The van der Waals surface area contributed by atoms with E-state index < -0.39 is 0 Å². The van der Waals surface area contributed by atoms with E-state index in [2.05, 4.69) is 193 Å². The number of benzene rings is 8. The molecule has 0 saturated heterocycles. The highest BCUT2D eigenvalue weighted by Crippen LogP contribution is 2.71. The van der Waals surface area contributed by atoms with Crippen LogP contribution in [0, 0.1) is 35.0 Å². The number of fused-ring (bicyclic) bond motifs is 3. The van der Waals surface area contributed by atoms with E-state index in [0.717, 1.165) is 28.9 Å². The van der Waals surface area contributed by atoms with Gasteiger partial charge in [-0.15, -0.1) is 0 Å². The van der Waals surface area contributed by atoms with Gasteiger partial charge < -0.3 is 4.90 Å². The molecule has 0 aromatic heterocycles. The zero-order chi connectivity index (χ0) is 40.5. The smallest absolute Gasteiger partial charge is 0.0991 e. The second-order valence-corrected chi connectivity index (χ2v) is 18.1. The average Bonchev–Trinajstić information content (AvgIpc) is 3.61. The molecule has 5 aliphatic rings. The van der Waals surface area contributed by atoms with Gasteiger partial charge in [0.2, 0.25) is 0 Å². The van der Waals surface area contributed by atoms with Gasteiger partial charge in [0.15, 0.2) is 0 Å². The Morgan fingerprint density at radius 1 is 0.393 bits per heavy atom. The second kappa shape index (κ2) is 14.4. The summed E-state index contributed by atoms with van der Waals surface area (Å²) in [5, 5.41) is 9.80. The van der Waals surface area contributed by atoms with Crippen LogP contribution in [-0.2, 0) is 5.41 Å². The van der Waals surface area contributed by atoms with Crippen molar-refractivity contribution >= 4 is 17.1 Å². The van der Waals surface area contributed by atoms with E-state index in [4.69, 9.17) is 0 Å². The van der Waals surface area contributed by atoms with E-state index in [1.165, 1.54) is 93.3 Å². The summed E-state index contributed by atoms with van der Waals surface area (Å²) in [4.78, 5) is 2.42. The molecule has 0 amide bonds. The lowest BCUT2D eigenvalue weighted by atomic mass is 9.43. The highest BCUT2D eigenvalue weighted by atomic mass is 15.1.